The van der Waals surface area contributed by atoms with Gasteiger partial charge < -0.3 is 33.3 Å². The number of ether oxygens (including phenoxy) is 6. The Kier molecular flexibility index (Phi) is 44.3. The average Bonchev–Trinajstić information content (AvgIpc) is 3.36. The Morgan fingerprint density at radius 2 is 0.667 bits per heavy atom. The van der Waals surface area contributed by atoms with Gasteiger partial charge in [0.25, 0.3) is 0 Å². The van der Waals surface area contributed by atoms with Crippen molar-refractivity contribution in [2.24, 2.45) is 23.2 Å². The van der Waals surface area contributed by atoms with Gasteiger partial charge in [0.15, 0.2) is 0 Å². The topological polar surface area (TPSA) is 161 Å². The number of carbonyl (C=O) groups is 6. The second-order valence-electron chi connectivity index (χ2n) is 21.1. The summed E-state index contributed by atoms with van der Waals surface area (Å²) in [6.45, 7) is 20.4. The molecule has 0 aliphatic carbocycles. The molecule has 0 heterocycles. The summed E-state index contributed by atoms with van der Waals surface area (Å²) in [5.41, 5.74) is -1.39. The maximum Gasteiger partial charge on any atom is 0.306 e. The van der Waals surface area contributed by atoms with Crippen LogP contribution < -0.4 is 0 Å². The Bertz CT molecular complexity index is 1300. The van der Waals surface area contributed by atoms with Crippen LogP contribution in [0.25, 0.3) is 0 Å². The van der Waals surface area contributed by atoms with Gasteiger partial charge in [0.1, 0.15) is 31.8 Å². The lowest BCUT2D eigenvalue weighted by Crippen LogP contribution is -2.44. The first kappa shape index (κ1) is 68.8. The maximum absolute atomic E-state index is 13.7. The molecule has 0 amide bonds. The molecule has 0 aliphatic rings. The van der Waals surface area contributed by atoms with E-state index < -0.39 is 29.3 Å². The van der Waals surface area contributed by atoms with E-state index in [1.807, 2.05) is 0 Å². The highest BCUT2D eigenvalue weighted by Crippen LogP contribution is 2.26. The molecule has 0 aromatic rings. The summed E-state index contributed by atoms with van der Waals surface area (Å²) in [4.78, 5) is 81.2. The molecule has 0 spiro atoms. The van der Waals surface area contributed by atoms with Crippen LogP contribution in [-0.2, 0) is 57.2 Å². The van der Waals surface area contributed by atoms with E-state index >= 15 is 0 Å². The van der Waals surface area contributed by atoms with E-state index in [-0.39, 0.29) is 82.8 Å². The van der Waals surface area contributed by atoms with Crippen LogP contribution in [0.3, 0.4) is 0 Å². The summed E-state index contributed by atoms with van der Waals surface area (Å²) in [6.07, 6.45) is 24.3. The number of rotatable bonds is 50. The fraction of sp³-hybridized carbons (Fsp3) is 0.898. The largest absolute Gasteiger partial charge is 0.465 e. The molecule has 0 atom stereocenters. The van der Waals surface area contributed by atoms with Gasteiger partial charge in [-0.25, -0.2) is 0 Å². The smallest absolute Gasteiger partial charge is 0.306 e. The first-order valence-electron chi connectivity index (χ1n) is 29.4. The molecular formula is C59H109NO12. The maximum atomic E-state index is 13.7. The van der Waals surface area contributed by atoms with Crippen molar-refractivity contribution in [2.75, 3.05) is 52.7 Å². The molecule has 422 valence electrons. The van der Waals surface area contributed by atoms with Gasteiger partial charge in [-0.05, 0) is 115 Å². The zero-order valence-electron chi connectivity index (χ0n) is 47.7. The Labute approximate surface area is 439 Å². The van der Waals surface area contributed by atoms with Crippen molar-refractivity contribution in [2.45, 2.75) is 267 Å². The predicted molar refractivity (Wildman–Crippen MR) is 288 cm³/mol. The molecule has 0 rings (SSSR count). The van der Waals surface area contributed by atoms with E-state index in [0.717, 1.165) is 135 Å². The van der Waals surface area contributed by atoms with Gasteiger partial charge in [0, 0.05) is 44.6 Å². The number of unbranched alkanes of at least 4 members (excludes halogenated alkanes) is 10. The second kappa shape index (κ2) is 46.3. The van der Waals surface area contributed by atoms with E-state index in [4.69, 9.17) is 28.4 Å². The van der Waals surface area contributed by atoms with Crippen LogP contribution in [0.5, 0.6) is 0 Å². The van der Waals surface area contributed by atoms with Gasteiger partial charge >= 0.3 is 35.8 Å². The third-order valence-electron chi connectivity index (χ3n) is 13.9. The lowest BCUT2D eigenvalue weighted by Gasteiger charge is -2.32. The van der Waals surface area contributed by atoms with Crippen LogP contribution >= 0.6 is 0 Å². The monoisotopic (exact) mass is 1020 g/mol. The number of carbonyl (C=O) groups excluding carboxylic acids is 6. The molecule has 0 saturated heterocycles. The Morgan fingerprint density at radius 3 is 0.986 bits per heavy atom. The van der Waals surface area contributed by atoms with Crippen molar-refractivity contribution in [1.29, 1.82) is 0 Å². The van der Waals surface area contributed by atoms with Crippen molar-refractivity contribution < 1.29 is 57.2 Å². The molecule has 0 unspecified atom stereocenters. The summed E-state index contributed by atoms with van der Waals surface area (Å²) >= 11 is 0. The van der Waals surface area contributed by atoms with Crippen molar-refractivity contribution >= 4 is 35.8 Å². The van der Waals surface area contributed by atoms with Crippen molar-refractivity contribution in [3.8, 4) is 0 Å². The van der Waals surface area contributed by atoms with E-state index in [2.05, 4.69) is 67.2 Å². The minimum atomic E-state index is -1.39. The van der Waals surface area contributed by atoms with Crippen LogP contribution in [0.2, 0.25) is 0 Å². The van der Waals surface area contributed by atoms with E-state index in [1.54, 1.807) is 0 Å². The van der Waals surface area contributed by atoms with Crippen LogP contribution in [-0.4, -0.2) is 99.5 Å². The zero-order valence-corrected chi connectivity index (χ0v) is 47.7. The lowest BCUT2D eigenvalue weighted by molar-refractivity contribution is -0.171. The predicted octanol–water partition coefficient (Wildman–Crippen LogP) is 14.0. The average molecular weight is 1020 g/mol. The van der Waals surface area contributed by atoms with E-state index in [9.17, 15) is 28.8 Å². The molecule has 72 heavy (non-hydrogen) atoms. The van der Waals surface area contributed by atoms with Gasteiger partial charge in [-0.3, -0.25) is 28.8 Å². The summed E-state index contributed by atoms with van der Waals surface area (Å²) in [7, 11) is 0. The minimum absolute atomic E-state index is 0.0277. The molecule has 0 aromatic carbocycles. The van der Waals surface area contributed by atoms with E-state index in [1.165, 1.54) is 0 Å². The molecule has 0 radical (unpaired) electrons. The third kappa shape index (κ3) is 38.4. The molecule has 13 nitrogen and oxygen atoms in total. The second-order valence-corrected chi connectivity index (χ2v) is 21.1. The molecular weight excluding hydrogens is 915 g/mol. The summed E-state index contributed by atoms with van der Waals surface area (Å²) in [5, 5.41) is 0. The highest BCUT2D eigenvalue weighted by atomic mass is 16.6. The molecule has 0 aliphatic heterocycles. The number of esters is 6. The molecule has 0 saturated carbocycles. The number of nitrogens with zero attached hydrogens (tertiary/aromatic N) is 1. The van der Waals surface area contributed by atoms with Gasteiger partial charge in [0.05, 0.1) is 13.2 Å². The molecule has 0 N–H and O–H groups in total. The normalized spacial score (nSPS) is 11.8. The Balaban J connectivity index is 6.12. The minimum Gasteiger partial charge on any atom is -0.465 e. The standard InChI is InChI=1S/C59H109NO12/c1-10-17-23-34-50(35-24-18-11-2)42-58(66)72-48-59(47-71-57(65)40-29-41-60(16-7)49(8)9,45-69-55(63)38-27-25-36-53(61)67-43-51(30-19-12-3)31-20-13-4)46-70-56(64)39-28-26-37-54(62)68-44-52(32-21-14-5)33-22-15-6/h49-52H,10-48H2,1-9H3. The number of hydrogen-bond donors (Lipinski definition) is 0. The number of hydrogen-bond acceptors (Lipinski definition) is 13. The van der Waals surface area contributed by atoms with Crippen molar-refractivity contribution in [3.63, 3.8) is 0 Å². The van der Waals surface area contributed by atoms with Crippen LogP contribution in [0.4, 0.5) is 0 Å². The Hall–Kier alpha value is -3.22. The van der Waals surface area contributed by atoms with Gasteiger partial charge in [-0.15, -0.1) is 0 Å². The summed E-state index contributed by atoms with van der Waals surface area (Å²) in [5.74, 6) is -1.60. The third-order valence-corrected chi connectivity index (χ3v) is 13.9. The molecule has 0 fully saturated rings. The summed E-state index contributed by atoms with van der Waals surface area (Å²) in [6, 6.07) is 0.324. The molecule has 0 aromatic heterocycles. The quantitative estimate of drug-likeness (QED) is 0.0322. The summed E-state index contributed by atoms with van der Waals surface area (Å²) < 4.78 is 34.8. The van der Waals surface area contributed by atoms with Gasteiger partial charge in [-0.2, -0.15) is 0 Å². The highest BCUT2D eigenvalue weighted by Gasteiger charge is 2.38. The van der Waals surface area contributed by atoms with Crippen LogP contribution in [0.1, 0.15) is 261 Å². The molecule has 0 bridgehead atoms. The Morgan fingerprint density at radius 1 is 0.361 bits per heavy atom. The van der Waals surface area contributed by atoms with Crippen LogP contribution in [0, 0.1) is 23.2 Å². The van der Waals surface area contributed by atoms with E-state index in [0.29, 0.717) is 69.7 Å². The SMILES string of the molecule is CCCCCC(CCCCC)CC(=O)OCC(COC(=O)CCCCC(=O)OCC(CCCC)CCCC)(COC(=O)CCCCC(=O)OCC(CCCC)CCCC)COC(=O)CCCN(CC)C(C)C. The van der Waals surface area contributed by atoms with Gasteiger partial charge in [0.2, 0.25) is 0 Å². The highest BCUT2D eigenvalue weighted by molar-refractivity contribution is 5.72. The first-order valence-corrected chi connectivity index (χ1v) is 29.4. The zero-order chi connectivity index (χ0) is 53.7. The fourth-order valence-corrected chi connectivity index (χ4v) is 8.85. The van der Waals surface area contributed by atoms with Crippen LogP contribution in [0.15, 0.2) is 0 Å². The lowest BCUT2D eigenvalue weighted by atomic mass is 9.91. The molecule has 13 heteroatoms. The van der Waals surface area contributed by atoms with Gasteiger partial charge in [-0.1, -0.05) is 138 Å². The first-order chi connectivity index (χ1) is 34.7. The fourth-order valence-electron chi connectivity index (χ4n) is 8.85. The van der Waals surface area contributed by atoms with Crippen molar-refractivity contribution in [1.82, 2.24) is 4.90 Å². The van der Waals surface area contributed by atoms with Crippen molar-refractivity contribution in [3.05, 3.63) is 0 Å².